The molecule has 82 valence electrons. The van der Waals surface area contributed by atoms with Crippen molar-refractivity contribution in [3.05, 3.63) is 24.3 Å². The van der Waals surface area contributed by atoms with E-state index in [0.29, 0.717) is 12.1 Å². The summed E-state index contributed by atoms with van der Waals surface area (Å²) in [6.07, 6.45) is 0.339. The molecule has 0 atom stereocenters. The van der Waals surface area contributed by atoms with Gasteiger partial charge in [0.1, 0.15) is 0 Å². The lowest BCUT2D eigenvalue weighted by Gasteiger charge is -2.04. The number of nitrogens with two attached hydrogens (primary N) is 1. The highest BCUT2D eigenvalue weighted by molar-refractivity contribution is 7.89. The summed E-state index contributed by atoms with van der Waals surface area (Å²) < 4.78 is 21.7. The van der Waals surface area contributed by atoms with Gasteiger partial charge in [0.15, 0.2) is 0 Å². The minimum Gasteiger partial charge on any atom is -0.277 e. The van der Waals surface area contributed by atoms with Gasteiger partial charge in [-0.15, -0.1) is 0 Å². The average molecular weight is 231 g/mol. The van der Waals surface area contributed by atoms with Crippen LogP contribution in [0.3, 0.4) is 0 Å². The number of carbonyl (C=O) groups excluding carboxylic acids is 1. The van der Waals surface area contributed by atoms with Gasteiger partial charge in [0.25, 0.3) is 0 Å². The predicted octanol–water partition coefficient (Wildman–Crippen LogP) is -0.661. The summed E-state index contributed by atoms with van der Waals surface area (Å²) >= 11 is 0. The molecule has 7 nitrogen and oxygen atoms in total. The van der Waals surface area contributed by atoms with Gasteiger partial charge in [-0.3, -0.25) is 4.79 Å². The molecule has 0 heterocycles. The number of hydrogen-bond acceptors (Lipinski definition) is 5. The van der Waals surface area contributed by atoms with Crippen LogP contribution >= 0.6 is 0 Å². The first kappa shape index (κ1) is 11.4. The molecule has 8 heteroatoms. The number of anilines is 1. The molecule has 1 aromatic rings. The van der Waals surface area contributed by atoms with Gasteiger partial charge in [0.05, 0.1) is 10.6 Å². The Morgan fingerprint density at radius 3 is 2.33 bits per heavy atom. The summed E-state index contributed by atoms with van der Waals surface area (Å²) in [7, 11) is -3.69. The molecule has 4 N–H and O–H groups in total. The molecule has 15 heavy (non-hydrogen) atoms. The van der Waals surface area contributed by atoms with Crippen molar-refractivity contribution in [2.75, 3.05) is 5.48 Å². The zero-order chi connectivity index (χ0) is 11.3. The number of benzene rings is 1. The molecule has 0 fully saturated rings. The van der Waals surface area contributed by atoms with Crippen LogP contribution in [0, 0.1) is 0 Å². The molecule has 0 aromatic heterocycles. The maximum absolute atomic E-state index is 10.9. The van der Waals surface area contributed by atoms with Crippen LogP contribution in [0.15, 0.2) is 29.2 Å². The summed E-state index contributed by atoms with van der Waals surface area (Å²) in [4.78, 5) is 14.3. The number of carbonyl (C=O) groups is 1. The molecular formula is C7H9N3O4S. The topological polar surface area (TPSA) is 111 Å². The fourth-order valence-electron chi connectivity index (χ4n) is 0.825. The molecule has 0 aliphatic heterocycles. The van der Waals surface area contributed by atoms with E-state index in [1.807, 2.05) is 5.48 Å². The molecule has 0 spiro atoms. The summed E-state index contributed by atoms with van der Waals surface area (Å²) in [6, 6.07) is 5.49. The SMILES string of the molecule is NS(=O)(=O)c1ccc(NONC=O)cc1. The van der Waals surface area contributed by atoms with Crippen LogP contribution in [0.1, 0.15) is 0 Å². The summed E-state index contributed by atoms with van der Waals surface area (Å²) in [5.41, 5.74) is 4.72. The molecule has 0 unspecified atom stereocenters. The predicted molar refractivity (Wildman–Crippen MR) is 51.7 cm³/mol. The van der Waals surface area contributed by atoms with Gasteiger partial charge >= 0.3 is 0 Å². The van der Waals surface area contributed by atoms with Gasteiger partial charge in [-0.1, -0.05) is 0 Å². The molecule has 1 amide bonds. The largest absolute Gasteiger partial charge is 0.277 e. The van der Waals surface area contributed by atoms with Crippen LogP contribution in [0.5, 0.6) is 0 Å². The van der Waals surface area contributed by atoms with Crippen molar-refractivity contribution in [1.82, 2.24) is 5.48 Å². The van der Waals surface area contributed by atoms with Gasteiger partial charge in [0.2, 0.25) is 16.4 Å². The standard InChI is InChI=1S/C7H9N3O4S/c8-15(12,13)7-3-1-6(2-4-7)10-14-9-5-11/h1-5,10H,(H,9,11)(H2,8,12,13). The maximum atomic E-state index is 10.9. The van der Waals surface area contributed by atoms with Gasteiger partial charge < -0.3 is 0 Å². The van der Waals surface area contributed by atoms with Crippen LogP contribution in [0.2, 0.25) is 0 Å². The molecule has 0 saturated heterocycles. The van der Waals surface area contributed by atoms with Gasteiger partial charge in [-0.25, -0.2) is 24.5 Å². The first-order valence-electron chi connectivity index (χ1n) is 3.78. The van der Waals surface area contributed by atoms with Crippen molar-refractivity contribution >= 4 is 22.1 Å². The highest BCUT2D eigenvalue weighted by atomic mass is 32.2. The highest BCUT2D eigenvalue weighted by Crippen LogP contribution is 2.11. The molecule has 0 radical (unpaired) electrons. The number of hydroxylamine groups is 1. The fourth-order valence-corrected chi connectivity index (χ4v) is 1.34. The van der Waals surface area contributed by atoms with Crippen molar-refractivity contribution in [2.45, 2.75) is 4.90 Å². The Balaban J connectivity index is 2.69. The van der Waals surface area contributed by atoms with Crippen LogP contribution in [-0.2, 0) is 19.8 Å². The number of sulfonamides is 1. The van der Waals surface area contributed by atoms with Gasteiger partial charge in [0, 0.05) is 0 Å². The lowest BCUT2D eigenvalue weighted by atomic mass is 10.3. The number of rotatable bonds is 5. The van der Waals surface area contributed by atoms with Crippen molar-refractivity contribution in [1.29, 1.82) is 0 Å². The molecule has 0 aliphatic carbocycles. The Labute approximate surface area is 86.2 Å². The third-order valence-electron chi connectivity index (χ3n) is 1.46. The number of amides is 1. The quantitative estimate of drug-likeness (QED) is 0.354. The third kappa shape index (κ3) is 3.54. The fraction of sp³-hybridized carbons (Fsp3) is 0. The summed E-state index contributed by atoms with van der Waals surface area (Å²) in [5.74, 6) is 0. The van der Waals surface area contributed by atoms with Crippen molar-refractivity contribution in [3.8, 4) is 0 Å². The molecule has 1 rings (SSSR count). The van der Waals surface area contributed by atoms with E-state index < -0.39 is 10.0 Å². The van der Waals surface area contributed by atoms with E-state index in [0.717, 1.165) is 0 Å². The van der Waals surface area contributed by atoms with E-state index in [1.54, 1.807) is 0 Å². The van der Waals surface area contributed by atoms with E-state index in [9.17, 15) is 13.2 Å². The van der Waals surface area contributed by atoms with Crippen LogP contribution in [0.25, 0.3) is 0 Å². The Morgan fingerprint density at radius 2 is 1.87 bits per heavy atom. The van der Waals surface area contributed by atoms with E-state index in [2.05, 4.69) is 10.4 Å². The molecule has 0 bridgehead atoms. The summed E-state index contributed by atoms with van der Waals surface area (Å²) in [6.45, 7) is 0. The maximum Gasteiger partial charge on any atom is 0.238 e. The molecular weight excluding hydrogens is 222 g/mol. The number of hydrogen-bond donors (Lipinski definition) is 3. The van der Waals surface area contributed by atoms with E-state index in [-0.39, 0.29) is 4.90 Å². The average Bonchev–Trinajstić information content (AvgIpc) is 2.18. The van der Waals surface area contributed by atoms with E-state index in [4.69, 9.17) is 5.14 Å². The monoisotopic (exact) mass is 231 g/mol. The van der Waals surface area contributed by atoms with Crippen molar-refractivity contribution in [3.63, 3.8) is 0 Å². The number of primary sulfonamides is 1. The molecule has 0 aliphatic rings. The molecule has 0 saturated carbocycles. The zero-order valence-corrected chi connectivity index (χ0v) is 8.32. The minimum absolute atomic E-state index is 0.00334. The van der Waals surface area contributed by atoms with Crippen molar-refractivity contribution < 1.29 is 18.2 Å². The summed E-state index contributed by atoms with van der Waals surface area (Å²) in [5, 5.41) is 4.89. The van der Waals surface area contributed by atoms with Gasteiger partial charge in [-0.2, -0.15) is 4.94 Å². The smallest absolute Gasteiger partial charge is 0.238 e. The van der Waals surface area contributed by atoms with Gasteiger partial charge in [-0.05, 0) is 24.3 Å². The number of nitrogens with one attached hydrogen (secondary N) is 2. The van der Waals surface area contributed by atoms with E-state index in [1.165, 1.54) is 24.3 Å². The third-order valence-corrected chi connectivity index (χ3v) is 2.39. The first-order valence-corrected chi connectivity index (χ1v) is 5.32. The normalized spacial score (nSPS) is 10.7. The second kappa shape index (κ2) is 4.73. The Morgan fingerprint density at radius 1 is 1.27 bits per heavy atom. The van der Waals surface area contributed by atoms with E-state index >= 15 is 0 Å². The zero-order valence-electron chi connectivity index (χ0n) is 7.51. The lowest BCUT2D eigenvalue weighted by molar-refractivity contribution is -0.118. The van der Waals surface area contributed by atoms with Crippen molar-refractivity contribution in [2.24, 2.45) is 5.14 Å². The Hall–Kier alpha value is -1.64. The lowest BCUT2D eigenvalue weighted by Crippen LogP contribution is -2.16. The molecule has 1 aromatic carbocycles. The Bertz CT molecular complexity index is 428. The first-order chi connectivity index (χ1) is 7.04. The second-order valence-electron chi connectivity index (χ2n) is 2.51. The minimum atomic E-state index is -3.69. The van der Waals surface area contributed by atoms with Crippen LogP contribution < -0.4 is 16.1 Å². The van der Waals surface area contributed by atoms with Crippen LogP contribution in [-0.4, -0.2) is 14.8 Å². The highest BCUT2D eigenvalue weighted by Gasteiger charge is 2.06. The van der Waals surface area contributed by atoms with Crippen LogP contribution in [0.4, 0.5) is 5.69 Å². The Kier molecular flexibility index (Phi) is 3.61. The second-order valence-corrected chi connectivity index (χ2v) is 4.07.